The quantitative estimate of drug-likeness (QED) is 0.858. The van der Waals surface area contributed by atoms with Crippen molar-refractivity contribution < 1.29 is 9.47 Å². The first-order valence-corrected chi connectivity index (χ1v) is 7.64. The number of benzene rings is 2. The molecule has 21 heavy (non-hydrogen) atoms. The maximum Gasteiger partial charge on any atom is 0.161 e. The van der Waals surface area contributed by atoms with Crippen LogP contribution < -0.4 is 14.8 Å². The Bertz CT molecular complexity index is 653. The lowest BCUT2D eigenvalue weighted by Crippen LogP contribution is -2.17. The van der Waals surface area contributed by atoms with Crippen molar-refractivity contribution in [3.05, 3.63) is 53.6 Å². The van der Waals surface area contributed by atoms with E-state index in [2.05, 4.69) is 41.7 Å². The second-order valence-electron chi connectivity index (χ2n) is 5.65. The number of para-hydroxylation sites is 1. The zero-order chi connectivity index (χ0) is 14.1. The first-order chi connectivity index (χ1) is 10.4. The van der Waals surface area contributed by atoms with Gasteiger partial charge < -0.3 is 14.8 Å². The molecule has 3 heteroatoms. The fourth-order valence-corrected chi connectivity index (χ4v) is 3.09. The number of anilines is 1. The summed E-state index contributed by atoms with van der Waals surface area (Å²) in [4.78, 5) is 0. The van der Waals surface area contributed by atoms with Gasteiger partial charge in [-0.3, -0.25) is 0 Å². The van der Waals surface area contributed by atoms with E-state index in [1.54, 1.807) is 0 Å². The molecule has 108 valence electrons. The molecule has 2 aliphatic rings. The number of hydrogen-bond donors (Lipinski definition) is 1. The third kappa shape index (κ3) is 2.44. The Morgan fingerprint density at radius 3 is 2.76 bits per heavy atom. The van der Waals surface area contributed by atoms with Crippen LogP contribution in [0.5, 0.6) is 11.5 Å². The number of ether oxygens (including phenoxy) is 2. The van der Waals surface area contributed by atoms with E-state index >= 15 is 0 Å². The molecule has 2 aromatic carbocycles. The molecule has 0 aromatic heterocycles. The number of hydrogen-bond acceptors (Lipinski definition) is 3. The number of aryl methyl sites for hydroxylation is 1. The van der Waals surface area contributed by atoms with E-state index in [0.29, 0.717) is 6.04 Å². The summed E-state index contributed by atoms with van der Waals surface area (Å²) >= 11 is 0. The van der Waals surface area contributed by atoms with Gasteiger partial charge in [-0.15, -0.1) is 0 Å². The lowest BCUT2D eigenvalue weighted by atomic mass is 9.93. The minimum atomic E-state index is 0.344. The van der Waals surface area contributed by atoms with Crippen molar-refractivity contribution in [1.29, 1.82) is 0 Å². The molecule has 0 saturated carbocycles. The van der Waals surface area contributed by atoms with Crippen molar-refractivity contribution in [1.82, 2.24) is 0 Å². The summed E-state index contributed by atoms with van der Waals surface area (Å²) in [6, 6.07) is 15.2. The Morgan fingerprint density at radius 2 is 1.81 bits per heavy atom. The highest BCUT2D eigenvalue weighted by Gasteiger charge is 2.20. The lowest BCUT2D eigenvalue weighted by molar-refractivity contribution is 0.297. The number of fused-ring (bicyclic) bond motifs is 2. The summed E-state index contributed by atoms with van der Waals surface area (Å²) in [7, 11) is 0. The highest BCUT2D eigenvalue weighted by atomic mass is 16.5. The summed E-state index contributed by atoms with van der Waals surface area (Å²) in [5.41, 5.74) is 3.93. The van der Waals surface area contributed by atoms with Crippen LogP contribution in [0.1, 0.15) is 30.0 Å². The van der Waals surface area contributed by atoms with E-state index in [1.807, 2.05) is 6.07 Å². The normalized spacial score (nSPS) is 20.1. The van der Waals surface area contributed by atoms with Crippen molar-refractivity contribution in [2.24, 2.45) is 0 Å². The predicted octanol–water partition coefficient (Wildman–Crippen LogP) is 3.95. The third-order valence-electron chi connectivity index (χ3n) is 4.22. The highest BCUT2D eigenvalue weighted by Crippen LogP contribution is 2.37. The van der Waals surface area contributed by atoms with E-state index in [4.69, 9.17) is 9.47 Å². The molecular formula is C18H19NO2. The minimum Gasteiger partial charge on any atom is -0.490 e. The molecule has 1 unspecified atom stereocenters. The van der Waals surface area contributed by atoms with Crippen LogP contribution in [0.15, 0.2) is 42.5 Å². The van der Waals surface area contributed by atoms with E-state index in [0.717, 1.165) is 44.0 Å². The second-order valence-corrected chi connectivity index (χ2v) is 5.65. The molecule has 0 radical (unpaired) electrons. The smallest absolute Gasteiger partial charge is 0.161 e. The van der Waals surface area contributed by atoms with Crippen molar-refractivity contribution in [2.45, 2.75) is 25.3 Å². The fraction of sp³-hybridized carbons (Fsp3) is 0.333. The minimum absolute atomic E-state index is 0.344. The van der Waals surface area contributed by atoms with Crippen LogP contribution in [0.3, 0.4) is 0 Å². The molecule has 2 aliphatic heterocycles. The first-order valence-electron chi connectivity index (χ1n) is 7.64. The molecule has 0 bridgehead atoms. The Balaban J connectivity index is 1.61. The van der Waals surface area contributed by atoms with Crippen LogP contribution >= 0.6 is 0 Å². The van der Waals surface area contributed by atoms with Crippen LogP contribution in [0.4, 0.5) is 5.69 Å². The van der Waals surface area contributed by atoms with Crippen molar-refractivity contribution >= 4 is 5.69 Å². The molecule has 0 aliphatic carbocycles. The van der Waals surface area contributed by atoms with Gasteiger partial charge in [-0.25, -0.2) is 0 Å². The van der Waals surface area contributed by atoms with Gasteiger partial charge in [0.15, 0.2) is 11.5 Å². The fourth-order valence-electron chi connectivity index (χ4n) is 3.09. The largest absolute Gasteiger partial charge is 0.490 e. The molecule has 0 saturated heterocycles. The van der Waals surface area contributed by atoms with Crippen molar-refractivity contribution in [3.63, 3.8) is 0 Å². The molecule has 2 heterocycles. The maximum atomic E-state index is 5.80. The second kappa shape index (κ2) is 5.32. The van der Waals surface area contributed by atoms with E-state index < -0.39 is 0 Å². The number of rotatable bonds is 1. The molecule has 1 atom stereocenters. The van der Waals surface area contributed by atoms with Gasteiger partial charge >= 0.3 is 0 Å². The molecule has 4 rings (SSSR count). The monoisotopic (exact) mass is 281 g/mol. The molecule has 0 fully saturated rings. The van der Waals surface area contributed by atoms with Gasteiger partial charge in [0.25, 0.3) is 0 Å². The Morgan fingerprint density at radius 1 is 0.952 bits per heavy atom. The third-order valence-corrected chi connectivity index (χ3v) is 4.22. The van der Waals surface area contributed by atoms with E-state index in [1.165, 1.54) is 16.8 Å². The molecular weight excluding hydrogens is 262 g/mol. The Kier molecular flexibility index (Phi) is 3.18. The van der Waals surface area contributed by atoms with E-state index in [9.17, 15) is 0 Å². The van der Waals surface area contributed by atoms with Gasteiger partial charge in [0.1, 0.15) is 0 Å². The lowest BCUT2D eigenvalue weighted by Gasteiger charge is -2.27. The molecule has 1 N–H and O–H groups in total. The highest BCUT2D eigenvalue weighted by molar-refractivity contribution is 5.56. The van der Waals surface area contributed by atoms with Gasteiger partial charge in [0, 0.05) is 12.1 Å². The first kappa shape index (κ1) is 12.6. The summed E-state index contributed by atoms with van der Waals surface area (Å²) in [6.07, 6.45) is 3.16. The van der Waals surface area contributed by atoms with Gasteiger partial charge in [-0.05, 0) is 42.2 Å². The molecule has 0 spiro atoms. The van der Waals surface area contributed by atoms with Crippen LogP contribution in [0.25, 0.3) is 0 Å². The number of nitrogens with one attached hydrogen (secondary N) is 1. The van der Waals surface area contributed by atoms with Crippen LogP contribution in [0.2, 0.25) is 0 Å². The zero-order valence-electron chi connectivity index (χ0n) is 12.0. The van der Waals surface area contributed by atoms with Crippen molar-refractivity contribution in [2.75, 3.05) is 18.5 Å². The summed E-state index contributed by atoms with van der Waals surface area (Å²) in [5, 5.41) is 3.64. The standard InChI is InChI=1S/C18H19NO2/c1-2-5-15-13(4-1)6-8-16(19-15)14-7-9-17-18(12-14)21-11-3-10-20-17/h1-2,4-5,7,9,12,16,19H,3,6,8,10-11H2. The van der Waals surface area contributed by atoms with Crippen LogP contribution in [-0.2, 0) is 6.42 Å². The molecule has 3 nitrogen and oxygen atoms in total. The van der Waals surface area contributed by atoms with Gasteiger partial charge in [0.2, 0.25) is 0 Å². The van der Waals surface area contributed by atoms with Gasteiger partial charge in [0.05, 0.1) is 19.3 Å². The van der Waals surface area contributed by atoms with Crippen LogP contribution in [0, 0.1) is 0 Å². The SMILES string of the molecule is c1ccc2c(c1)CCC(c1ccc3c(c1)OCCCO3)N2. The van der Waals surface area contributed by atoms with E-state index in [-0.39, 0.29) is 0 Å². The predicted molar refractivity (Wildman–Crippen MR) is 83.2 cm³/mol. The molecule has 2 aromatic rings. The zero-order valence-corrected chi connectivity index (χ0v) is 12.0. The average Bonchev–Trinajstić information content (AvgIpc) is 2.79. The summed E-state index contributed by atoms with van der Waals surface area (Å²) in [6.45, 7) is 1.47. The van der Waals surface area contributed by atoms with Gasteiger partial charge in [-0.2, -0.15) is 0 Å². The topological polar surface area (TPSA) is 30.5 Å². The maximum absolute atomic E-state index is 5.80. The molecule has 0 amide bonds. The summed E-state index contributed by atoms with van der Waals surface area (Å²) < 4.78 is 11.5. The Labute approximate surface area is 124 Å². The van der Waals surface area contributed by atoms with Crippen LogP contribution in [-0.4, -0.2) is 13.2 Å². The average molecular weight is 281 g/mol. The van der Waals surface area contributed by atoms with Crippen molar-refractivity contribution in [3.8, 4) is 11.5 Å². The van der Waals surface area contributed by atoms with Gasteiger partial charge in [-0.1, -0.05) is 24.3 Å². The summed E-state index contributed by atoms with van der Waals surface area (Å²) in [5.74, 6) is 1.75. The Hall–Kier alpha value is -2.16.